The maximum Gasteiger partial charge on any atom is 0.148 e. The largest absolute Gasteiger partial charge is 0.481 e. The highest BCUT2D eigenvalue weighted by molar-refractivity contribution is 6.30. The van der Waals surface area contributed by atoms with E-state index in [1.54, 1.807) is 24.3 Å². The van der Waals surface area contributed by atoms with E-state index in [-0.39, 0.29) is 0 Å². The lowest BCUT2D eigenvalue weighted by Crippen LogP contribution is -1.92. The molecule has 0 amide bonds. The molecule has 0 atom stereocenters. The quantitative estimate of drug-likeness (QED) is 0.613. The standard InChI is InChI=1S/C9H7ClO/c1-2-7-11-9-5-3-8(10)4-6-9/h1,3-6H,7H2. The van der Waals surface area contributed by atoms with Crippen molar-refractivity contribution < 1.29 is 4.74 Å². The Balaban J connectivity index is 2.60. The van der Waals surface area contributed by atoms with Crippen molar-refractivity contribution >= 4 is 11.6 Å². The van der Waals surface area contributed by atoms with E-state index in [0.717, 1.165) is 5.75 Å². The minimum atomic E-state index is 0.293. The summed E-state index contributed by atoms with van der Waals surface area (Å²) in [4.78, 5) is 0. The maximum absolute atomic E-state index is 5.65. The lowest BCUT2D eigenvalue weighted by Gasteiger charge is -2.00. The van der Waals surface area contributed by atoms with Crippen LogP contribution in [0.5, 0.6) is 5.75 Å². The second-order valence-electron chi connectivity index (χ2n) is 1.95. The Morgan fingerprint density at radius 3 is 2.55 bits per heavy atom. The number of halogens is 1. The van der Waals surface area contributed by atoms with Crippen LogP contribution >= 0.6 is 11.6 Å². The summed E-state index contributed by atoms with van der Waals surface area (Å²) in [5.41, 5.74) is 0. The molecule has 0 aliphatic rings. The van der Waals surface area contributed by atoms with E-state index in [0.29, 0.717) is 11.6 Å². The predicted octanol–water partition coefficient (Wildman–Crippen LogP) is 2.35. The fourth-order valence-electron chi connectivity index (χ4n) is 0.656. The van der Waals surface area contributed by atoms with Crippen molar-refractivity contribution in [2.45, 2.75) is 0 Å². The monoisotopic (exact) mass is 166 g/mol. The van der Waals surface area contributed by atoms with Gasteiger partial charge in [0.05, 0.1) is 0 Å². The van der Waals surface area contributed by atoms with Crippen LogP contribution < -0.4 is 4.74 Å². The molecule has 0 radical (unpaired) electrons. The molecule has 0 heterocycles. The summed E-state index contributed by atoms with van der Waals surface area (Å²) < 4.78 is 5.12. The molecule has 0 bridgehead atoms. The maximum atomic E-state index is 5.65. The molecule has 1 aromatic carbocycles. The molecule has 0 saturated heterocycles. The summed E-state index contributed by atoms with van der Waals surface area (Å²) in [6.07, 6.45) is 5.01. The molecule has 0 aliphatic heterocycles. The molecule has 0 saturated carbocycles. The highest BCUT2D eigenvalue weighted by Crippen LogP contribution is 2.14. The van der Waals surface area contributed by atoms with Crippen LogP contribution in [-0.4, -0.2) is 6.61 Å². The molecule has 1 nitrogen and oxygen atoms in total. The van der Waals surface area contributed by atoms with E-state index >= 15 is 0 Å². The third kappa shape index (κ3) is 2.53. The van der Waals surface area contributed by atoms with Gasteiger partial charge in [-0.05, 0) is 24.3 Å². The van der Waals surface area contributed by atoms with Crippen molar-refractivity contribution in [2.24, 2.45) is 0 Å². The van der Waals surface area contributed by atoms with E-state index in [2.05, 4.69) is 5.92 Å². The Bertz CT molecular complexity index is 258. The number of benzene rings is 1. The van der Waals surface area contributed by atoms with Gasteiger partial charge in [0.1, 0.15) is 12.4 Å². The van der Waals surface area contributed by atoms with E-state index in [4.69, 9.17) is 22.8 Å². The zero-order valence-electron chi connectivity index (χ0n) is 5.88. The molecule has 0 N–H and O–H groups in total. The van der Waals surface area contributed by atoms with E-state index < -0.39 is 0 Å². The van der Waals surface area contributed by atoms with Crippen LogP contribution in [0.3, 0.4) is 0 Å². The number of rotatable bonds is 2. The van der Waals surface area contributed by atoms with Crippen molar-refractivity contribution in [3.63, 3.8) is 0 Å². The van der Waals surface area contributed by atoms with Crippen LogP contribution in [0, 0.1) is 12.3 Å². The second kappa shape index (κ2) is 3.90. The average molecular weight is 167 g/mol. The van der Waals surface area contributed by atoms with Gasteiger partial charge in [0, 0.05) is 5.02 Å². The molecule has 1 aromatic rings. The number of hydrogen-bond donors (Lipinski definition) is 0. The van der Waals surface area contributed by atoms with E-state index in [1.807, 2.05) is 0 Å². The molecule has 0 aliphatic carbocycles. The fourth-order valence-corrected chi connectivity index (χ4v) is 0.782. The molecule has 1 rings (SSSR count). The first-order chi connectivity index (χ1) is 5.33. The van der Waals surface area contributed by atoms with Gasteiger partial charge in [0.15, 0.2) is 0 Å². The lowest BCUT2D eigenvalue weighted by atomic mass is 10.3. The molecule has 0 fully saturated rings. The van der Waals surface area contributed by atoms with Crippen LogP contribution in [0.15, 0.2) is 24.3 Å². The van der Waals surface area contributed by atoms with Gasteiger partial charge in [-0.15, -0.1) is 6.42 Å². The van der Waals surface area contributed by atoms with Crippen molar-refractivity contribution in [3.8, 4) is 18.1 Å². The van der Waals surface area contributed by atoms with Gasteiger partial charge >= 0.3 is 0 Å². The third-order valence-electron chi connectivity index (χ3n) is 1.14. The van der Waals surface area contributed by atoms with Crippen molar-refractivity contribution in [3.05, 3.63) is 29.3 Å². The highest BCUT2D eigenvalue weighted by Gasteiger charge is 1.90. The van der Waals surface area contributed by atoms with E-state index in [9.17, 15) is 0 Å². The van der Waals surface area contributed by atoms with Gasteiger partial charge in [0.25, 0.3) is 0 Å². The fraction of sp³-hybridized carbons (Fsp3) is 0.111. The number of ether oxygens (including phenoxy) is 1. The zero-order valence-corrected chi connectivity index (χ0v) is 6.64. The first-order valence-corrected chi connectivity index (χ1v) is 3.52. The Morgan fingerprint density at radius 2 is 2.00 bits per heavy atom. The van der Waals surface area contributed by atoms with Crippen molar-refractivity contribution in [1.29, 1.82) is 0 Å². The molecule has 56 valence electrons. The molecular formula is C9H7ClO. The lowest BCUT2D eigenvalue weighted by molar-refractivity contribution is 0.370. The SMILES string of the molecule is C#CCOc1ccc(Cl)cc1. The van der Waals surface area contributed by atoms with Crippen molar-refractivity contribution in [1.82, 2.24) is 0 Å². The van der Waals surface area contributed by atoms with Gasteiger partial charge in [-0.1, -0.05) is 17.5 Å². The number of terminal acetylenes is 1. The predicted molar refractivity (Wildman–Crippen MR) is 45.8 cm³/mol. The van der Waals surface area contributed by atoms with Crippen LogP contribution in [0.4, 0.5) is 0 Å². The van der Waals surface area contributed by atoms with Crippen LogP contribution in [-0.2, 0) is 0 Å². The zero-order chi connectivity index (χ0) is 8.10. The summed E-state index contributed by atoms with van der Waals surface area (Å²) in [6, 6.07) is 7.07. The first kappa shape index (κ1) is 7.97. The molecule has 0 spiro atoms. The summed E-state index contributed by atoms with van der Waals surface area (Å²) in [7, 11) is 0. The molecular weight excluding hydrogens is 160 g/mol. The van der Waals surface area contributed by atoms with Gasteiger partial charge in [-0.2, -0.15) is 0 Å². The second-order valence-corrected chi connectivity index (χ2v) is 2.38. The normalized spacial score (nSPS) is 8.73. The highest BCUT2D eigenvalue weighted by atomic mass is 35.5. The number of hydrogen-bond acceptors (Lipinski definition) is 1. The minimum Gasteiger partial charge on any atom is -0.481 e. The minimum absolute atomic E-state index is 0.293. The van der Waals surface area contributed by atoms with Gasteiger partial charge in [-0.25, -0.2) is 0 Å². The summed E-state index contributed by atoms with van der Waals surface area (Å²) >= 11 is 5.65. The Kier molecular flexibility index (Phi) is 2.83. The molecule has 0 aromatic heterocycles. The van der Waals surface area contributed by atoms with Gasteiger partial charge in [0.2, 0.25) is 0 Å². The molecule has 2 heteroatoms. The summed E-state index contributed by atoms with van der Waals surface area (Å²) in [6.45, 7) is 0.293. The third-order valence-corrected chi connectivity index (χ3v) is 1.39. The van der Waals surface area contributed by atoms with Crippen LogP contribution in [0.1, 0.15) is 0 Å². The summed E-state index contributed by atoms with van der Waals surface area (Å²) in [5.74, 6) is 3.12. The Labute approximate surface area is 70.9 Å². The average Bonchev–Trinajstić information content (AvgIpc) is 2.04. The van der Waals surface area contributed by atoms with Crippen LogP contribution in [0.2, 0.25) is 5.02 Å². The van der Waals surface area contributed by atoms with Gasteiger partial charge in [-0.3, -0.25) is 0 Å². The molecule has 0 unspecified atom stereocenters. The smallest absolute Gasteiger partial charge is 0.148 e. The van der Waals surface area contributed by atoms with E-state index in [1.165, 1.54) is 0 Å². The Morgan fingerprint density at radius 1 is 1.36 bits per heavy atom. The topological polar surface area (TPSA) is 9.23 Å². The molecule has 11 heavy (non-hydrogen) atoms. The first-order valence-electron chi connectivity index (χ1n) is 3.15. The Hall–Kier alpha value is -1.13. The summed E-state index contributed by atoms with van der Waals surface area (Å²) in [5, 5.41) is 0.693. The van der Waals surface area contributed by atoms with Crippen molar-refractivity contribution in [2.75, 3.05) is 6.61 Å². The van der Waals surface area contributed by atoms with Crippen LogP contribution in [0.25, 0.3) is 0 Å². The van der Waals surface area contributed by atoms with Gasteiger partial charge < -0.3 is 4.74 Å².